The van der Waals surface area contributed by atoms with Crippen molar-refractivity contribution in [2.75, 3.05) is 33.2 Å². The number of halogens is 1. The Morgan fingerprint density at radius 3 is 2.41 bits per heavy atom. The Morgan fingerprint density at radius 1 is 1.06 bits per heavy atom. The number of hydrogen-bond donors (Lipinski definition) is 2. The van der Waals surface area contributed by atoms with Gasteiger partial charge in [-0.2, -0.15) is 0 Å². The van der Waals surface area contributed by atoms with E-state index < -0.39 is 17.3 Å². The minimum absolute atomic E-state index is 0.0595. The number of aromatic nitrogens is 2. The zero-order valence-electron chi connectivity index (χ0n) is 18.6. The van der Waals surface area contributed by atoms with E-state index in [1.54, 1.807) is 41.1 Å². The molecule has 0 bridgehead atoms. The third-order valence-corrected chi connectivity index (χ3v) is 6.54. The first-order valence-corrected chi connectivity index (χ1v) is 11.1. The van der Waals surface area contributed by atoms with Gasteiger partial charge in [0, 0.05) is 26.2 Å². The molecule has 0 atom stereocenters. The van der Waals surface area contributed by atoms with Crippen LogP contribution in [0.25, 0.3) is 10.8 Å². The molecule has 5 rings (SSSR count). The summed E-state index contributed by atoms with van der Waals surface area (Å²) >= 11 is 0. The Bertz CT molecular complexity index is 1330. The Kier molecular flexibility index (Phi) is 5.52. The average Bonchev–Trinajstić information content (AvgIpc) is 3.68. The SMILES string of the molecule is CNC1(C(=O)N2CCN(C(=O)c3cc(Oc4n[nH]c(=O)c5ccccc45)ccc3F)CC2)CC1. The first kappa shape index (κ1) is 22.0. The highest BCUT2D eigenvalue weighted by atomic mass is 19.1. The molecule has 1 aliphatic heterocycles. The van der Waals surface area contributed by atoms with Gasteiger partial charge < -0.3 is 19.9 Å². The summed E-state index contributed by atoms with van der Waals surface area (Å²) in [7, 11) is 1.79. The number of benzene rings is 2. The van der Waals surface area contributed by atoms with E-state index in [0.717, 1.165) is 12.8 Å². The molecule has 1 aromatic heterocycles. The summed E-state index contributed by atoms with van der Waals surface area (Å²) in [6, 6.07) is 10.7. The van der Waals surface area contributed by atoms with E-state index in [0.29, 0.717) is 37.0 Å². The van der Waals surface area contributed by atoms with Crippen molar-refractivity contribution in [1.82, 2.24) is 25.3 Å². The van der Waals surface area contributed by atoms with E-state index in [9.17, 15) is 18.8 Å². The van der Waals surface area contributed by atoms with Crippen LogP contribution in [0.3, 0.4) is 0 Å². The molecule has 2 aliphatic rings. The van der Waals surface area contributed by atoms with Crippen LogP contribution in [0.5, 0.6) is 11.6 Å². The molecule has 0 unspecified atom stereocenters. The first-order valence-electron chi connectivity index (χ1n) is 11.1. The molecular formula is C24H24FN5O4. The molecule has 176 valence electrons. The maximum Gasteiger partial charge on any atom is 0.272 e. The largest absolute Gasteiger partial charge is 0.437 e. The lowest BCUT2D eigenvalue weighted by molar-refractivity contribution is -0.135. The van der Waals surface area contributed by atoms with E-state index in [1.165, 1.54) is 18.2 Å². The Labute approximate surface area is 194 Å². The zero-order chi connectivity index (χ0) is 23.9. The number of carbonyl (C=O) groups excluding carboxylic acids is 2. The second-order valence-electron chi connectivity index (χ2n) is 8.56. The summed E-state index contributed by atoms with van der Waals surface area (Å²) in [5.41, 5.74) is -0.929. The number of rotatable bonds is 5. The summed E-state index contributed by atoms with van der Waals surface area (Å²) in [4.78, 5) is 41.1. The van der Waals surface area contributed by atoms with E-state index >= 15 is 0 Å². The van der Waals surface area contributed by atoms with Crippen LogP contribution in [-0.4, -0.2) is 70.6 Å². The van der Waals surface area contributed by atoms with Gasteiger partial charge in [-0.1, -0.05) is 12.1 Å². The Morgan fingerprint density at radius 2 is 1.74 bits per heavy atom. The van der Waals surface area contributed by atoms with E-state index in [-0.39, 0.29) is 28.7 Å². The molecular weight excluding hydrogens is 441 g/mol. The Hall–Kier alpha value is -3.79. The third-order valence-electron chi connectivity index (χ3n) is 6.54. The molecule has 2 aromatic carbocycles. The second kappa shape index (κ2) is 8.53. The molecule has 3 aromatic rings. The normalized spacial score (nSPS) is 17.0. The van der Waals surface area contributed by atoms with Crippen molar-refractivity contribution in [3.8, 4) is 11.6 Å². The Balaban J connectivity index is 1.32. The monoisotopic (exact) mass is 465 g/mol. The molecule has 1 saturated heterocycles. The van der Waals surface area contributed by atoms with Gasteiger partial charge in [-0.25, -0.2) is 9.49 Å². The van der Waals surface area contributed by atoms with Gasteiger partial charge in [0.05, 0.1) is 21.9 Å². The van der Waals surface area contributed by atoms with Gasteiger partial charge in [0.2, 0.25) is 11.8 Å². The number of piperazine rings is 1. The van der Waals surface area contributed by atoms with Crippen molar-refractivity contribution < 1.29 is 18.7 Å². The van der Waals surface area contributed by atoms with Crippen LogP contribution in [0.2, 0.25) is 0 Å². The van der Waals surface area contributed by atoms with Crippen molar-refractivity contribution in [2.24, 2.45) is 0 Å². The molecule has 0 radical (unpaired) electrons. The molecule has 0 spiro atoms. The van der Waals surface area contributed by atoms with Crippen molar-refractivity contribution in [3.63, 3.8) is 0 Å². The molecule has 9 nitrogen and oxygen atoms in total. The fourth-order valence-electron chi connectivity index (χ4n) is 4.29. The number of ether oxygens (including phenoxy) is 1. The summed E-state index contributed by atoms with van der Waals surface area (Å²) in [6.45, 7) is 1.44. The van der Waals surface area contributed by atoms with Gasteiger partial charge in [-0.15, -0.1) is 5.10 Å². The topological polar surface area (TPSA) is 108 Å². The molecule has 1 saturated carbocycles. The van der Waals surface area contributed by atoms with Crippen LogP contribution in [0.4, 0.5) is 4.39 Å². The predicted octanol–water partition coefficient (Wildman–Crippen LogP) is 1.89. The van der Waals surface area contributed by atoms with Crippen LogP contribution >= 0.6 is 0 Å². The standard InChI is InChI=1S/C24H24FN5O4/c1-26-24(8-9-24)23(33)30-12-10-29(11-13-30)22(32)18-14-15(6-7-19(18)25)34-21-17-5-3-2-4-16(17)20(31)27-28-21/h2-7,14,26H,8-13H2,1H3,(H,27,31). The lowest BCUT2D eigenvalue weighted by Gasteiger charge is -2.36. The quantitative estimate of drug-likeness (QED) is 0.596. The van der Waals surface area contributed by atoms with E-state index in [2.05, 4.69) is 15.5 Å². The van der Waals surface area contributed by atoms with Gasteiger partial charge >= 0.3 is 0 Å². The second-order valence-corrected chi connectivity index (χ2v) is 8.56. The minimum atomic E-state index is -0.665. The fraction of sp³-hybridized carbons (Fsp3) is 0.333. The summed E-state index contributed by atoms with van der Waals surface area (Å²) in [5, 5.41) is 10.3. The number of carbonyl (C=O) groups is 2. The maximum absolute atomic E-state index is 14.6. The molecule has 34 heavy (non-hydrogen) atoms. The van der Waals surface area contributed by atoms with Gasteiger partial charge in [0.15, 0.2) is 0 Å². The molecule has 1 aliphatic carbocycles. The van der Waals surface area contributed by atoms with Gasteiger partial charge in [-0.05, 0) is 50.2 Å². The molecule has 2 fully saturated rings. The van der Waals surface area contributed by atoms with Crippen LogP contribution in [-0.2, 0) is 4.79 Å². The number of likely N-dealkylation sites (N-methyl/N-ethyl adjacent to an activating group) is 1. The lowest BCUT2D eigenvalue weighted by atomic mass is 10.1. The number of aromatic amines is 1. The average molecular weight is 465 g/mol. The smallest absolute Gasteiger partial charge is 0.272 e. The highest BCUT2D eigenvalue weighted by Crippen LogP contribution is 2.37. The van der Waals surface area contributed by atoms with Gasteiger partial charge in [0.25, 0.3) is 11.5 Å². The van der Waals surface area contributed by atoms with E-state index in [4.69, 9.17) is 4.74 Å². The highest BCUT2D eigenvalue weighted by molar-refractivity contribution is 5.95. The number of nitrogens with zero attached hydrogens (tertiary/aromatic N) is 3. The number of hydrogen-bond acceptors (Lipinski definition) is 6. The number of fused-ring (bicyclic) bond motifs is 1. The van der Waals surface area contributed by atoms with Crippen LogP contribution < -0.4 is 15.6 Å². The van der Waals surface area contributed by atoms with Crippen molar-refractivity contribution in [2.45, 2.75) is 18.4 Å². The summed E-state index contributed by atoms with van der Waals surface area (Å²) < 4.78 is 20.4. The van der Waals surface area contributed by atoms with Crippen molar-refractivity contribution >= 4 is 22.6 Å². The molecule has 2 N–H and O–H groups in total. The first-order chi connectivity index (χ1) is 16.4. The molecule has 10 heteroatoms. The van der Waals surface area contributed by atoms with Crippen LogP contribution in [0.15, 0.2) is 47.3 Å². The lowest BCUT2D eigenvalue weighted by Crippen LogP contribution is -2.55. The molecule has 2 amide bonds. The number of nitrogens with one attached hydrogen (secondary N) is 2. The highest BCUT2D eigenvalue weighted by Gasteiger charge is 2.50. The predicted molar refractivity (Wildman–Crippen MR) is 122 cm³/mol. The third kappa shape index (κ3) is 3.90. The fourth-order valence-corrected chi connectivity index (χ4v) is 4.29. The van der Waals surface area contributed by atoms with Gasteiger partial charge in [-0.3, -0.25) is 14.4 Å². The molecule has 2 heterocycles. The number of amides is 2. The summed E-state index contributed by atoms with van der Waals surface area (Å²) in [6.07, 6.45) is 1.64. The van der Waals surface area contributed by atoms with Crippen molar-refractivity contribution in [3.05, 3.63) is 64.2 Å². The maximum atomic E-state index is 14.6. The van der Waals surface area contributed by atoms with Crippen molar-refractivity contribution in [1.29, 1.82) is 0 Å². The van der Waals surface area contributed by atoms with Crippen LogP contribution in [0.1, 0.15) is 23.2 Å². The summed E-state index contributed by atoms with van der Waals surface area (Å²) in [5.74, 6) is -0.713. The minimum Gasteiger partial charge on any atom is -0.437 e. The zero-order valence-corrected chi connectivity index (χ0v) is 18.6. The van der Waals surface area contributed by atoms with E-state index in [1.807, 2.05) is 0 Å². The number of H-pyrrole nitrogens is 1. The van der Waals surface area contributed by atoms with Crippen LogP contribution in [0, 0.1) is 5.82 Å². The van der Waals surface area contributed by atoms with Gasteiger partial charge in [0.1, 0.15) is 11.6 Å².